The minimum atomic E-state index is -1.04. The number of likely N-dealkylation sites (N-methyl/N-ethyl adjacent to an activating group) is 1. The number of nitrogens with zero attached hydrogens (tertiary/aromatic N) is 1. The average Bonchev–Trinajstić information content (AvgIpc) is 2.32. The van der Waals surface area contributed by atoms with Gasteiger partial charge in [-0.1, -0.05) is 13.8 Å². The zero-order chi connectivity index (χ0) is 14.3. The molecular formula is C12H22N2O4. The second-order valence-corrected chi connectivity index (χ2v) is 4.53. The van der Waals surface area contributed by atoms with Crippen LogP contribution in [0.2, 0.25) is 0 Å². The minimum Gasteiger partial charge on any atom is -0.481 e. The molecule has 0 fully saturated rings. The summed E-state index contributed by atoms with van der Waals surface area (Å²) >= 11 is 0. The molecule has 0 radical (unpaired) electrons. The van der Waals surface area contributed by atoms with Crippen LogP contribution < -0.4 is 5.32 Å². The van der Waals surface area contributed by atoms with Crippen molar-refractivity contribution in [2.24, 2.45) is 5.41 Å². The van der Waals surface area contributed by atoms with Crippen LogP contribution in [0.15, 0.2) is 0 Å². The lowest BCUT2D eigenvalue weighted by Gasteiger charge is -2.25. The van der Waals surface area contributed by atoms with Gasteiger partial charge in [0.15, 0.2) is 0 Å². The summed E-state index contributed by atoms with van der Waals surface area (Å²) in [4.78, 5) is 35.5. The monoisotopic (exact) mass is 258 g/mol. The molecule has 0 aliphatic heterocycles. The van der Waals surface area contributed by atoms with E-state index in [0.717, 1.165) is 0 Å². The van der Waals surface area contributed by atoms with Crippen molar-refractivity contribution < 1.29 is 19.5 Å². The molecule has 0 aliphatic carbocycles. The Morgan fingerprint density at radius 3 is 2.00 bits per heavy atom. The van der Waals surface area contributed by atoms with Crippen molar-refractivity contribution in [1.82, 2.24) is 10.2 Å². The smallest absolute Gasteiger partial charge is 0.310 e. The van der Waals surface area contributed by atoms with Gasteiger partial charge in [0.1, 0.15) is 0 Å². The van der Waals surface area contributed by atoms with Gasteiger partial charge in [-0.15, -0.1) is 0 Å². The van der Waals surface area contributed by atoms with E-state index in [4.69, 9.17) is 0 Å². The highest BCUT2D eigenvalue weighted by Gasteiger charge is 2.37. The number of carbonyl (C=O) groups excluding carboxylic acids is 2. The maximum Gasteiger partial charge on any atom is 0.310 e. The molecule has 0 heterocycles. The van der Waals surface area contributed by atoms with Gasteiger partial charge >= 0.3 is 5.97 Å². The van der Waals surface area contributed by atoms with Crippen molar-refractivity contribution in [2.75, 3.05) is 20.6 Å². The Hall–Kier alpha value is -1.59. The number of aliphatic carboxylic acids is 1. The summed E-state index contributed by atoms with van der Waals surface area (Å²) in [6.07, 6.45) is 0.664. The molecule has 104 valence electrons. The Morgan fingerprint density at radius 1 is 1.17 bits per heavy atom. The van der Waals surface area contributed by atoms with Gasteiger partial charge < -0.3 is 15.3 Å². The van der Waals surface area contributed by atoms with E-state index in [2.05, 4.69) is 5.32 Å². The van der Waals surface area contributed by atoms with Crippen molar-refractivity contribution in [3.8, 4) is 0 Å². The fourth-order valence-corrected chi connectivity index (χ4v) is 1.58. The first-order valence-electron chi connectivity index (χ1n) is 5.99. The number of amides is 2. The standard InChI is InChI=1S/C12H22N2O4/c1-5-12(6-2,11(17)18)7-9(15)13-8-10(16)14(3)4/h5-8H2,1-4H3,(H,13,15)(H,17,18). The van der Waals surface area contributed by atoms with Gasteiger partial charge in [0.25, 0.3) is 0 Å². The number of carboxylic acid groups (broad SMARTS) is 1. The molecule has 6 nitrogen and oxygen atoms in total. The molecule has 0 saturated carbocycles. The zero-order valence-corrected chi connectivity index (χ0v) is 11.4. The first-order chi connectivity index (χ1) is 8.29. The number of hydrogen-bond acceptors (Lipinski definition) is 3. The highest BCUT2D eigenvalue weighted by molar-refractivity contribution is 5.88. The van der Waals surface area contributed by atoms with E-state index < -0.39 is 17.3 Å². The normalized spacial score (nSPS) is 10.9. The van der Waals surface area contributed by atoms with Gasteiger partial charge in [0.05, 0.1) is 12.0 Å². The van der Waals surface area contributed by atoms with E-state index in [0.29, 0.717) is 12.8 Å². The molecule has 0 unspecified atom stereocenters. The number of rotatable bonds is 7. The summed E-state index contributed by atoms with van der Waals surface area (Å²) in [6.45, 7) is 3.39. The third-order valence-electron chi connectivity index (χ3n) is 3.24. The zero-order valence-electron chi connectivity index (χ0n) is 11.4. The molecule has 2 N–H and O–H groups in total. The molecule has 0 aromatic carbocycles. The average molecular weight is 258 g/mol. The third kappa shape index (κ3) is 4.35. The second-order valence-electron chi connectivity index (χ2n) is 4.53. The fraction of sp³-hybridized carbons (Fsp3) is 0.750. The predicted octanol–water partition coefficient (Wildman–Crippen LogP) is 0.472. The summed E-state index contributed by atoms with van der Waals surface area (Å²) in [5.74, 6) is -1.60. The Kier molecular flexibility index (Phi) is 6.36. The lowest BCUT2D eigenvalue weighted by Crippen LogP contribution is -2.40. The molecule has 0 aliphatic rings. The van der Waals surface area contributed by atoms with Crippen molar-refractivity contribution in [3.05, 3.63) is 0 Å². The van der Waals surface area contributed by atoms with Crippen LogP contribution >= 0.6 is 0 Å². The van der Waals surface area contributed by atoms with E-state index in [9.17, 15) is 19.5 Å². The van der Waals surface area contributed by atoms with Gasteiger partial charge in [0.2, 0.25) is 11.8 Å². The van der Waals surface area contributed by atoms with E-state index in [1.807, 2.05) is 0 Å². The minimum absolute atomic E-state index is 0.101. The van der Waals surface area contributed by atoms with Crippen molar-refractivity contribution >= 4 is 17.8 Å². The summed E-state index contributed by atoms with van der Waals surface area (Å²) < 4.78 is 0. The lowest BCUT2D eigenvalue weighted by atomic mass is 9.79. The second kappa shape index (κ2) is 6.98. The molecule has 2 amide bonds. The molecule has 0 spiro atoms. The highest BCUT2D eigenvalue weighted by atomic mass is 16.4. The molecule has 6 heteroatoms. The Bertz CT molecular complexity index is 322. The predicted molar refractivity (Wildman–Crippen MR) is 67.0 cm³/mol. The summed E-state index contributed by atoms with van der Waals surface area (Å²) in [5, 5.41) is 11.6. The van der Waals surface area contributed by atoms with E-state index in [1.165, 1.54) is 4.90 Å². The van der Waals surface area contributed by atoms with E-state index >= 15 is 0 Å². The Balaban J connectivity index is 4.45. The number of carbonyl (C=O) groups is 3. The van der Waals surface area contributed by atoms with Crippen molar-refractivity contribution in [1.29, 1.82) is 0 Å². The number of nitrogens with one attached hydrogen (secondary N) is 1. The van der Waals surface area contributed by atoms with E-state index in [-0.39, 0.29) is 18.9 Å². The van der Waals surface area contributed by atoms with Crippen LogP contribution in [0.4, 0.5) is 0 Å². The van der Waals surface area contributed by atoms with Crippen LogP contribution in [0, 0.1) is 5.41 Å². The summed E-state index contributed by atoms with van der Waals surface area (Å²) in [7, 11) is 3.18. The maximum atomic E-state index is 11.7. The first kappa shape index (κ1) is 16.4. The molecule has 18 heavy (non-hydrogen) atoms. The van der Waals surface area contributed by atoms with Crippen LogP contribution in [0.5, 0.6) is 0 Å². The van der Waals surface area contributed by atoms with E-state index in [1.54, 1.807) is 27.9 Å². The molecule has 0 aromatic rings. The van der Waals surface area contributed by atoms with Gasteiger partial charge in [-0.05, 0) is 12.8 Å². The lowest BCUT2D eigenvalue weighted by molar-refractivity contribution is -0.152. The Labute approximate surface area is 107 Å². The first-order valence-corrected chi connectivity index (χ1v) is 5.99. The topological polar surface area (TPSA) is 86.7 Å². The number of hydrogen-bond donors (Lipinski definition) is 2. The third-order valence-corrected chi connectivity index (χ3v) is 3.24. The molecule has 0 rings (SSSR count). The molecule has 0 saturated heterocycles. The van der Waals surface area contributed by atoms with Gasteiger partial charge in [-0.25, -0.2) is 0 Å². The van der Waals surface area contributed by atoms with Gasteiger partial charge in [-0.3, -0.25) is 14.4 Å². The van der Waals surface area contributed by atoms with Crippen LogP contribution in [-0.2, 0) is 14.4 Å². The fourth-order valence-electron chi connectivity index (χ4n) is 1.58. The largest absolute Gasteiger partial charge is 0.481 e. The van der Waals surface area contributed by atoms with Crippen LogP contribution in [0.25, 0.3) is 0 Å². The van der Waals surface area contributed by atoms with Crippen molar-refractivity contribution in [3.63, 3.8) is 0 Å². The van der Waals surface area contributed by atoms with Crippen LogP contribution in [-0.4, -0.2) is 48.4 Å². The summed E-state index contributed by atoms with van der Waals surface area (Å²) in [6, 6.07) is 0. The quantitative estimate of drug-likeness (QED) is 0.695. The molecular weight excluding hydrogens is 236 g/mol. The number of carboxylic acids is 1. The Morgan fingerprint density at radius 2 is 1.67 bits per heavy atom. The van der Waals surface area contributed by atoms with Crippen molar-refractivity contribution in [2.45, 2.75) is 33.1 Å². The molecule has 0 aromatic heterocycles. The SMILES string of the molecule is CCC(CC)(CC(=O)NCC(=O)N(C)C)C(=O)O. The maximum absolute atomic E-state index is 11.7. The molecule has 0 atom stereocenters. The van der Waals surface area contributed by atoms with Gasteiger partial charge in [-0.2, -0.15) is 0 Å². The van der Waals surface area contributed by atoms with Gasteiger partial charge in [0, 0.05) is 20.5 Å². The van der Waals surface area contributed by atoms with Crippen LogP contribution in [0.3, 0.4) is 0 Å². The molecule has 0 bridgehead atoms. The van der Waals surface area contributed by atoms with Crippen LogP contribution in [0.1, 0.15) is 33.1 Å². The summed E-state index contributed by atoms with van der Waals surface area (Å²) in [5.41, 5.74) is -1.04. The highest BCUT2D eigenvalue weighted by Crippen LogP contribution is 2.30.